The Kier molecular flexibility index (Phi) is 5.60. The van der Waals surface area contributed by atoms with Crippen LogP contribution in [0.15, 0.2) is 18.2 Å². The first-order valence-corrected chi connectivity index (χ1v) is 6.47. The minimum atomic E-state index is -0.518. The molecule has 0 spiro atoms. The molecule has 0 bridgehead atoms. The summed E-state index contributed by atoms with van der Waals surface area (Å²) in [7, 11) is 0. The Morgan fingerprint density at radius 2 is 1.81 bits per heavy atom. The minimum Gasteiger partial charge on any atom is -0.388 e. The molecule has 0 fully saturated rings. The number of halogens is 2. The predicted molar refractivity (Wildman–Crippen MR) is 70.1 cm³/mol. The molecule has 1 aromatic carbocycles. The van der Waals surface area contributed by atoms with E-state index in [1.807, 2.05) is 12.1 Å². The molecular formula is C13H18Cl2O. The molecule has 1 rings (SSSR count). The van der Waals surface area contributed by atoms with Crippen molar-refractivity contribution >= 4 is 23.2 Å². The maximum absolute atomic E-state index is 10.1. The molecule has 3 heteroatoms. The van der Waals surface area contributed by atoms with Crippen LogP contribution in [-0.4, -0.2) is 5.11 Å². The zero-order valence-corrected chi connectivity index (χ0v) is 11.2. The quantitative estimate of drug-likeness (QED) is 0.803. The van der Waals surface area contributed by atoms with Crippen molar-refractivity contribution in [3.8, 4) is 0 Å². The van der Waals surface area contributed by atoms with Gasteiger partial charge in [0.2, 0.25) is 0 Å². The van der Waals surface area contributed by atoms with Gasteiger partial charge in [0.25, 0.3) is 0 Å². The lowest BCUT2D eigenvalue weighted by molar-refractivity contribution is 0.141. The first-order chi connectivity index (χ1) is 7.60. The molecule has 1 unspecified atom stereocenters. The highest BCUT2D eigenvalue weighted by Crippen LogP contribution is 2.33. The van der Waals surface area contributed by atoms with Crippen LogP contribution in [-0.2, 0) is 0 Å². The van der Waals surface area contributed by atoms with E-state index in [0.717, 1.165) is 24.8 Å². The fourth-order valence-corrected chi connectivity index (χ4v) is 2.28. The third-order valence-corrected chi connectivity index (χ3v) is 3.89. The van der Waals surface area contributed by atoms with Crippen molar-refractivity contribution in [3.63, 3.8) is 0 Å². The highest BCUT2D eigenvalue weighted by molar-refractivity contribution is 6.42. The summed E-state index contributed by atoms with van der Waals surface area (Å²) in [6.07, 6.45) is 2.38. The van der Waals surface area contributed by atoms with Crippen molar-refractivity contribution in [1.29, 1.82) is 0 Å². The van der Waals surface area contributed by atoms with E-state index in [1.54, 1.807) is 6.07 Å². The summed E-state index contributed by atoms with van der Waals surface area (Å²) in [6, 6.07) is 5.39. The molecule has 1 atom stereocenters. The molecule has 90 valence electrons. The van der Waals surface area contributed by atoms with Crippen molar-refractivity contribution in [2.45, 2.75) is 39.2 Å². The van der Waals surface area contributed by atoms with Crippen LogP contribution < -0.4 is 0 Å². The van der Waals surface area contributed by atoms with Crippen LogP contribution in [0.3, 0.4) is 0 Å². The van der Waals surface area contributed by atoms with Crippen LogP contribution >= 0.6 is 23.2 Å². The second kappa shape index (κ2) is 6.48. The first kappa shape index (κ1) is 13.8. The summed E-state index contributed by atoms with van der Waals surface area (Å²) in [6.45, 7) is 4.28. The zero-order valence-electron chi connectivity index (χ0n) is 9.71. The average Bonchev–Trinajstić information content (AvgIpc) is 2.29. The second-order valence-electron chi connectivity index (χ2n) is 4.08. The maximum atomic E-state index is 10.1. The van der Waals surface area contributed by atoms with E-state index < -0.39 is 6.10 Å². The van der Waals surface area contributed by atoms with Crippen LogP contribution in [0.4, 0.5) is 0 Å². The molecule has 0 aliphatic rings. The molecular weight excluding hydrogens is 243 g/mol. The van der Waals surface area contributed by atoms with Gasteiger partial charge in [0.05, 0.1) is 16.1 Å². The fourth-order valence-electron chi connectivity index (χ4n) is 1.84. The van der Waals surface area contributed by atoms with E-state index in [1.165, 1.54) is 0 Å². The molecule has 16 heavy (non-hydrogen) atoms. The number of aliphatic hydroxyl groups excluding tert-OH is 1. The number of benzene rings is 1. The van der Waals surface area contributed by atoms with Gasteiger partial charge < -0.3 is 5.11 Å². The van der Waals surface area contributed by atoms with Gasteiger partial charge in [-0.05, 0) is 18.4 Å². The van der Waals surface area contributed by atoms with Crippen LogP contribution in [0, 0.1) is 5.92 Å². The molecule has 0 aliphatic carbocycles. The standard InChI is InChI=1S/C13H18Cl2O/c1-3-9(4-2)8-12(16)10-6-5-7-11(14)13(10)15/h5-7,9,12,16H,3-4,8H2,1-2H3. The normalized spacial score (nSPS) is 13.1. The molecule has 0 saturated heterocycles. The predicted octanol–water partition coefficient (Wildman–Crippen LogP) is 4.85. The number of hydrogen-bond donors (Lipinski definition) is 1. The minimum absolute atomic E-state index is 0.475. The van der Waals surface area contributed by atoms with Crippen LogP contribution in [0.1, 0.15) is 44.8 Å². The largest absolute Gasteiger partial charge is 0.388 e. The number of aliphatic hydroxyl groups is 1. The Morgan fingerprint density at radius 1 is 1.19 bits per heavy atom. The molecule has 0 saturated carbocycles. The Hall–Kier alpha value is -0.240. The van der Waals surface area contributed by atoms with Gasteiger partial charge in [-0.2, -0.15) is 0 Å². The van der Waals surface area contributed by atoms with Crippen LogP contribution in [0.5, 0.6) is 0 Å². The monoisotopic (exact) mass is 260 g/mol. The van der Waals surface area contributed by atoms with Crippen molar-refractivity contribution < 1.29 is 5.11 Å². The van der Waals surface area contributed by atoms with Crippen molar-refractivity contribution in [1.82, 2.24) is 0 Å². The van der Waals surface area contributed by atoms with E-state index in [4.69, 9.17) is 23.2 Å². The van der Waals surface area contributed by atoms with Gasteiger partial charge in [0, 0.05) is 5.56 Å². The summed E-state index contributed by atoms with van der Waals surface area (Å²) < 4.78 is 0. The lowest BCUT2D eigenvalue weighted by Crippen LogP contribution is -2.06. The van der Waals surface area contributed by atoms with E-state index in [2.05, 4.69) is 13.8 Å². The SMILES string of the molecule is CCC(CC)CC(O)c1cccc(Cl)c1Cl. The first-order valence-electron chi connectivity index (χ1n) is 5.72. The van der Waals surface area contributed by atoms with E-state index in [0.29, 0.717) is 16.0 Å². The zero-order chi connectivity index (χ0) is 12.1. The molecule has 1 nitrogen and oxygen atoms in total. The van der Waals surface area contributed by atoms with Gasteiger partial charge >= 0.3 is 0 Å². The van der Waals surface area contributed by atoms with E-state index in [9.17, 15) is 5.11 Å². The van der Waals surface area contributed by atoms with Gasteiger partial charge in [0.1, 0.15) is 0 Å². The summed E-state index contributed by atoms with van der Waals surface area (Å²) >= 11 is 12.0. The van der Waals surface area contributed by atoms with Gasteiger partial charge in [-0.25, -0.2) is 0 Å². The lowest BCUT2D eigenvalue weighted by Gasteiger charge is -2.18. The highest BCUT2D eigenvalue weighted by Gasteiger charge is 2.17. The third-order valence-electron chi connectivity index (χ3n) is 3.05. The molecule has 0 amide bonds. The molecule has 0 aromatic heterocycles. The molecule has 1 aromatic rings. The Bertz CT molecular complexity index is 335. The van der Waals surface area contributed by atoms with Gasteiger partial charge in [-0.15, -0.1) is 0 Å². The number of hydrogen-bond acceptors (Lipinski definition) is 1. The van der Waals surface area contributed by atoms with E-state index in [-0.39, 0.29) is 0 Å². The Labute approximate surface area is 107 Å². The highest BCUT2D eigenvalue weighted by atomic mass is 35.5. The van der Waals surface area contributed by atoms with Gasteiger partial charge in [-0.3, -0.25) is 0 Å². The third kappa shape index (κ3) is 3.38. The van der Waals surface area contributed by atoms with Crippen molar-refractivity contribution in [2.24, 2.45) is 5.92 Å². The van der Waals surface area contributed by atoms with E-state index >= 15 is 0 Å². The lowest BCUT2D eigenvalue weighted by atomic mass is 9.93. The summed E-state index contributed by atoms with van der Waals surface area (Å²) in [4.78, 5) is 0. The Balaban J connectivity index is 2.80. The molecule has 0 heterocycles. The van der Waals surface area contributed by atoms with Crippen LogP contribution in [0.2, 0.25) is 10.0 Å². The summed E-state index contributed by atoms with van der Waals surface area (Å²) in [5, 5.41) is 11.1. The molecule has 1 N–H and O–H groups in total. The Morgan fingerprint density at radius 3 is 2.38 bits per heavy atom. The molecule has 0 aliphatic heterocycles. The number of rotatable bonds is 5. The second-order valence-corrected chi connectivity index (χ2v) is 4.86. The van der Waals surface area contributed by atoms with Gasteiger partial charge in [-0.1, -0.05) is 62.0 Å². The fraction of sp³-hybridized carbons (Fsp3) is 0.538. The topological polar surface area (TPSA) is 20.2 Å². The maximum Gasteiger partial charge on any atom is 0.0807 e. The van der Waals surface area contributed by atoms with Crippen molar-refractivity contribution in [2.75, 3.05) is 0 Å². The average molecular weight is 261 g/mol. The molecule has 0 radical (unpaired) electrons. The van der Waals surface area contributed by atoms with Crippen LogP contribution in [0.25, 0.3) is 0 Å². The van der Waals surface area contributed by atoms with Gasteiger partial charge in [0.15, 0.2) is 0 Å². The smallest absolute Gasteiger partial charge is 0.0807 e. The van der Waals surface area contributed by atoms with Crippen molar-refractivity contribution in [3.05, 3.63) is 33.8 Å². The summed E-state index contributed by atoms with van der Waals surface area (Å²) in [5.41, 5.74) is 0.737. The summed E-state index contributed by atoms with van der Waals surface area (Å²) in [5.74, 6) is 0.532.